The predicted molar refractivity (Wildman–Crippen MR) is 86.6 cm³/mol. The van der Waals surface area contributed by atoms with Gasteiger partial charge in [0.2, 0.25) is 5.91 Å². The monoisotopic (exact) mass is 285 g/mol. The van der Waals surface area contributed by atoms with Gasteiger partial charge in [0.05, 0.1) is 5.54 Å². The van der Waals surface area contributed by atoms with Gasteiger partial charge in [0, 0.05) is 24.7 Å². The van der Waals surface area contributed by atoms with E-state index in [1.54, 1.807) is 0 Å². The van der Waals surface area contributed by atoms with Crippen LogP contribution in [-0.4, -0.2) is 41.0 Å². The third kappa shape index (κ3) is 6.23. The maximum Gasteiger partial charge on any atom is 0.237 e. The summed E-state index contributed by atoms with van der Waals surface area (Å²) in [7, 11) is 0. The van der Waals surface area contributed by atoms with Gasteiger partial charge in [-0.1, -0.05) is 13.8 Å². The first kappa shape index (κ1) is 19.4. The van der Waals surface area contributed by atoms with Crippen molar-refractivity contribution in [3.05, 3.63) is 0 Å². The fourth-order valence-corrected chi connectivity index (χ4v) is 2.90. The van der Waals surface area contributed by atoms with Gasteiger partial charge in [-0.2, -0.15) is 0 Å². The van der Waals surface area contributed by atoms with Gasteiger partial charge in [-0.25, -0.2) is 0 Å². The van der Waals surface area contributed by atoms with Crippen molar-refractivity contribution in [3.63, 3.8) is 0 Å². The predicted octanol–water partition coefficient (Wildman–Crippen LogP) is 2.37. The van der Waals surface area contributed by atoms with Gasteiger partial charge in [0.25, 0.3) is 0 Å². The van der Waals surface area contributed by atoms with Crippen molar-refractivity contribution >= 4 is 5.91 Å². The third-order valence-electron chi connectivity index (χ3n) is 3.66. The average molecular weight is 285 g/mol. The van der Waals surface area contributed by atoms with Gasteiger partial charge in [-0.3, -0.25) is 9.69 Å². The summed E-state index contributed by atoms with van der Waals surface area (Å²) in [6, 6.07) is 1.00. The van der Waals surface area contributed by atoms with E-state index in [4.69, 9.17) is 5.73 Å². The molecule has 120 valence electrons. The molecule has 2 atom stereocenters. The second-order valence-corrected chi connectivity index (χ2v) is 7.23. The SMILES string of the molecule is CC(C)CN(C(C)C)C(C)CC(C)(NC(C)C)C(N)=O. The zero-order valence-corrected chi connectivity index (χ0v) is 14.7. The Kier molecular flexibility index (Phi) is 7.74. The highest BCUT2D eigenvalue weighted by Gasteiger charge is 2.35. The highest BCUT2D eigenvalue weighted by Crippen LogP contribution is 2.20. The van der Waals surface area contributed by atoms with Gasteiger partial charge >= 0.3 is 0 Å². The molecule has 4 heteroatoms. The Morgan fingerprint density at radius 1 is 1.15 bits per heavy atom. The number of hydrogen-bond donors (Lipinski definition) is 2. The van der Waals surface area contributed by atoms with Crippen molar-refractivity contribution < 1.29 is 4.79 Å². The molecule has 4 nitrogen and oxygen atoms in total. The van der Waals surface area contributed by atoms with Gasteiger partial charge < -0.3 is 11.1 Å². The van der Waals surface area contributed by atoms with E-state index < -0.39 is 5.54 Å². The van der Waals surface area contributed by atoms with Crippen LogP contribution in [0.3, 0.4) is 0 Å². The molecule has 0 heterocycles. The number of primary amides is 1. The number of nitrogens with one attached hydrogen (secondary N) is 1. The van der Waals surface area contributed by atoms with Crippen molar-refractivity contribution in [2.45, 2.75) is 85.5 Å². The first-order valence-corrected chi connectivity index (χ1v) is 7.83. The van der Waals surface area contributed by atoms with E-state index in [1.807, 2.05) is 20.8 Å². The molecule has 20 heavy (non-hydrogen) atoms. The van der Waals surface area contributed by atoms with E-state index in [2.05, 4.69) is 44.8 Å². The van der Waals surface area contributed by atoms with Crippen LogP contribution in [0.1, 0.15) is 61.8 Å². The lowest BCUT2D eigenvalue weighted by Crippen LogP contribution is -2.58. The summed E-state index contributed by atoms with van der Waals surface area (Å²) in [5.74, 6) is 0.337. The molecule has 0 saturated carbocycles. The summed E-state index contributed by atoms with van der Waals surface area (Å²) in [6.07, 6.45) is 0.728. The summed E-state index contributed by atoms with van der Waals surface area (Å²) in [6.45, 7) is 18.1. The Labute approximate surface area is 125 Å². The van der Waals surface area contributed by atoms with E-state index in [-0.39, 0.29) is 11.9 Å². The summed E-state index contributed by atoms with van der Waals surface area (Å²) in [5, 5.41) is 3.33. The zero-order valence-electron chi connectivity index (χ0n) is 14.7. The lowest BCUT2D eigenvalue weighted by Gasteiger charge is -2.39. The molecule has 3 N–H and O–H groups in total. The van der Waals surface area contributed by atoms with Crippen molar-refractivity contribution in [2.24, 2.45) is 11.7 Å². The Balaban J connectivity index is 4.96. The number of carbonyl (C=O) groups excluding carboxylic acids is 1. The van der Waals surface area contributed by atoms with Gasteiger partial charge in [-0.15, -0.1) is 0 Å². The second-order valence-electron chi connectivity index (χ2n) is 7.23. The van der Waals surface area contributed by atoms with E-state index in [0.29, 0.717) is 18.0 Å². The van der Waals surface area contributed by atoms with Crippen LogP contribution < -0.4 is 11.1 Å². The lowest BCUT2D eigenvalue weighted by atomic mass is 9.90. The maximum absolute atomic E-state index is 11.8. The van der Waals surface area contributed by atoms with Crippen molar-refractivity contribution in [1.29, 1.82) is 0 Å². The number of nitrogens with zero attached hydrogens (tertiary/aromatic N) is 1. The smallest absolute Gasteiger partial charge is 0.237 e. The van der Waals surface area contributed by atoms with Crippen molar-refractivity contribution in [3.8, 4) is 0 Å². The summed E-state index contributed by atoms with van der Waals surface area (Å²) >= 11 is 0. The van der Waals surface area contributed by atoms with Crippen LogP contribution in [-0.2, 0) is 4.79 Å². The molecule has 0 aliphatic rings. The number of amides is 1. The largest absolute Gasteiger partial charge is 0.368 e. The van der Waals surface area contributed by atoms with Crippen LogP contribution in [0.5, 0.6) is 0 Å². The highest BCUT2D eigenvalue weighted by atomic mass is 16.1. The molecule has 0 rings (SSSR count). The molecule has 0 saturated heterocycles. The number of nitrogens with two attached hydrogens (primary N) is 1. The molecule has 0 radical (unpaired) electrons. The molecule has 0 spiro atoms. The minimum Gasteiger partial charge on any atom is -0.368 e. The quantitative estimate of drug-likeness (QED) is 0.684. The molecular formula is C16H35N3O. The Bertz CT molecular complexity index is 302. The van der Waals surface area contributed by atoms with Gasteiger partial charge in [0.1, 0.15) is 0 Å². The third-order valence-corrected chi connectivity index (χ3v) is 3.66. The summed E-state index contributed by atoms with van der Waals surface area (Å²) in [4.78, 5) is 14.3. The van der Waals surface area contributed by atoms with E-state index in [0.717, 1.165) is 13.0 Å². The first-order chi connectivity index (χ1) is 8.99. The second kappa shape index (κ2) is 7.99. The molecule has 1 amide bonds. The van der Waals surface area contributed by atoms with E-state index in [9.17, 15) is 4.79 Å². The molecule has 0 fully saturated rings. The first-order valence-electron chi connectivity index (χ1n) is 7.83. The normalized spacial score (nSPS) is 17.0. The summed E-state index contributed by atoms with van der Waals surface area (Å²) < 4.78 is 0. The molecular weight excluding hydrogens is 250 g/mol. The van der Waals surface area contributed by atoms with Crippen LogP contribution in [0.15, 0.2) is 0 Å². The Morgan fingerprint density at radius 2 is 1.65 bits per heavy atom. The molecule has 0 aliphatic heterocycles. The molecule has 0 aromatic rings. The van der Waals surface area contributed by atoms with Crippen LogP contribution in [0, 0.1) is 5.92 Å². The number of carbonyl (C=O) groups is 1. The topological polar surface area (TPSA) is 58.4 Å². The standard InChI is InChI=1S/C16H35N3O/c1-11(2)10-19(13(5)6)14(7)9-16(8,15(17)20)18-12(3)4/h11-14,18H,9-10H2,1-8H3,(H2,17,20). The fourth-order valence-electron chi connectivity index (χ4n) is 2.90. The van der Waals surface area contributed by atoms with Gasteiger partial charge in [-0.05, 0) is 53.9 Å². The number of rotatable bonds is 9. The van der Waals surface area contributed by atoms with E-state index >= 15 is 0 Å². The zero-order chi connectivity index (χ0) is 16.1. The fraction of sp³-hybridized carbons (Fsp3) is 0.938. The van der Waals surface area contributed by atoms with Gasteiger partial charge in [0.15, 0.2) is 0 Å². The number of hydrogen-bond acceptors (Lipinski definition) is 3. The Morgan fingerprint density at radius 3 is 1.95 bits per heavy atom. The van der Waals surface area contributed by atoms with Crippen molar-refractivity contribution in [2.75, 3.05) is 6.54 Å². The highest BCUT2D eigenvalue weighted by molar-refractivity contribution is 5.84. The van der Waals surface area contributed by atoms with Crippen LogP contribution in [0.2, 0.25) is 0 Å². The molecule has 0 aliphatic carbocycles. The Hall–Kier alpha value is -0.610. The summed E-state index contributed by atoms with van der Waals surface area (Å²) in [5.41, 5.74) is 4.97. The molecule has 0 aromatic heterocycles. The van der Waals surface area contributed by atoms with E-state index in [1.165, 1.54) is 0 Å². The molecule has 0 bridgehead atoms. The average Bonchev–Trinajstić information content (AvgIpc) is 2.23. The molecule has 0 aromatic carbocycles. The minimum absolute atomic E-state index is 0.234. The van der Waals surface area contributed by atoms with Crippen LogP contribution in [0.4, 0.5) is 0 Å². The lowest BCUT2D eigenvalue weighted by molar-refractivity contribution is -0.125. The van der Waals surface area contributed by atoms with Crippen molar-refractivity contribution in [1.82, 2.24) is 10.2 Å². The molecule has 2 unspecified atom stereocenters. The maximum atomic E-state index is 11.8. The van der Waals surface area contributed by atoms with Crippen LogP contribution >= 0.6 is 0 Å². The minimum atomic E-state index is -0.655. The van der Waals surface area contributed by atoms with Crippen LogP contribution in [0.25, 0.3) is 0 Å².